The molecule has 4 heteroatoms. The van der Waals surface area contributed by atoms with Crippen molar-refractivity contribution in [3.8, 4) is 0 Å². The van der Waals surface area contributed by atoms with Gasteiger partial charge in [-0.05, 0) is 65.7 Å². The zero-order chi connectivity index (χ0) is 29.5. The fraction of sp³-hybridized carbons (Fsp3) is 0.100. The molecule has 0 radical (unpaired) electrons. The summed E-state index contributed by atoms with van der Waals surface area (Å²) in [7, 11) is -1.73. The molecule has 44 heavy (non-hydrogen) atoms. The van der Waals surface area contributed by atoms with Crippen molar-refractivity contribution in [1.82, 2.24) is 0 Å². The summed E-state index contributed by atoms with van der Waals surface area (Å²) in [6.07, 6.45) is -0.105. The molecule has 0 aromatic heterocycles. The number of fused-ring (bicyclic) bond motifs is 4. The highest BCUT2D eigenvalue weighted by atomic mass is 31.1. The second-order valence-electron chi connectivity index (χ2n) is 11.2. The van der Waals surface area contributed by atoms with E-state index in [-0.39, 0.29) is 6.10 Å². The lowest BCUT2D eigenvalue weighted by atomic mass is 9.93. The van der Waals surface area contributed by atoms with Gasteiger partial charge in [-0.2, -0.15) is 0 Å². The average Bonchev–Trinajstić information content (AvgIpc) is 3.60. The topological polar surface area (TPSA) is 18.5 Å². The summed E-state index contributed by atoms with van der Waals surface area (Å²) in [6.45, 7) is 2.69. The standard InChI is InChI=1S/C40H32O2P2/c1-29-35-25-15-27-37(44(33-21-10-4-11-22-33)34-23-12-5-13-24-34)39(35)40(42-29)38-30(28-41-40)16-14-26-36(38)43(31-17-6-2-7-18-31)32-19-8-3-9-20-32/h2-27,29H,28H2,1H3/t29-,40+/m1/s1. The lowest BCUT2D eigenvalue weighted by Gasteiger charge is -2.33. The molecule has 0 N–H and O–H groups in total. The first kappa shape index (κ1) is 27.6. The quantitative estimate of drug-likeness (QED) is 0.190. The number of hydrogen-bond donors (Lipinski definition) is 0. The average molecular weight is 607 g/mol. The van der Waals surface area contributed by atoms with E-state index in [2.05, 4.69) is 165 Å². The molecule has 6 aromatic carbocycles. The first-order valence-electron chi connectivity index (χ1n) is 15.1. The summed E-state index contributed by atoms with van der Waals surface area (Å²) in [5, 5.41) is 7.87. The third-order valence-electron chi connectivity index (χ3n) is 8.61. The van der Waals surface area contributed by atoms with Crippen molar-refractivity contribution in [2.75, 3.05) is 0 Å². The van der Waals surface area contributed by atoms with Crippen molar-refractivity contribution in [2.45, 2.75) is 25.4 Å². The van der Waals surface area contributed by atoms with Gasteiger partial charge < -0.3 is 9.47 Å². The van der Waals surface area contributed by atoms with Crippen LogP contribution < -0.4 is 31.8 Å². The largest absolute Gasteiger partial charge is 0.337 e. The van der Waals surface area contributed by atoms with Gasteiger partial charge in [-0.1, -0.05) is 158 Å². The Morgan fingerprint density at radius 2 is 0.932 bits per heavy atom. The summed E-state index contributed by atoms with van der Waals surface area (Å²) in [5.41, 5.74) is 4.80. The van der Waals surface area contributed by atoms with E-state index in [0.29, 0.717) is 6.61 Å². The maximum absolute atomic E-state index is 7.13. The van der Waals surface area contributed by atoms with Crippen molar-refractivity contribution in [3.05, 3.63) is 180 Å². The Hall–Kier alpha value is -3.90. The predicted octanol–water partition coefficient (Wildman–Crippen LogP) is 7.03. The third-order valence-corrected chi connectivity index (χ3v) is 13.6. The molecule has 0 amide bonds. The van der Waals surface area contributed by atoms with Crippen LogP contribution in [0.25, 0.3) is 0 Å². The number of hydrogen-bond acceptors (Lipinski definition) is 2. The first-order chi connectivity index (χ1) is 21.7. The molecule has 2 aliphatic heterocycles. The molecular formula is C40H32O2P2. The third kappa shape index (κ3) is 4.57. The number of rotatable bonds is 6. The highest BCUT2D eigenvalue weighted by molar-refractivity contribution is 7.80. The van der Waals surface area contributed by atoms with E-state index in [1.807, 2.05) is 0 Å². The maximum Gasteiger partial charge on any atom is 0.225 e. The van der Waals surface area contributed by atoms with Crippen LogP contribution in [-0.4, -0.2) is 0 Å². The van der Waals surface area contributed by atoms with Crippen LogP contribution in [0.5, 0.6) is 0 Å². The Kier molecular flexibility index (Phi) is 7.25. The van der Waals surface area contributed by atoms with Crippen LogP contribution in [0, 0.1) is 0 Å². The molecular weight excluding hydrogens is 574 g/mol. The second-order valence-corrected chi connectivity index (χ2v) is 15.6. The molecule has 0 aliphatic carbocycles. The highest BCUT2D eigenvalue weighted by Crippen LogP contribution is 2.55. The Labute approximate surface area is 261 Å². The smallest absolute Gasteiger partial charge is 0.225 e. The molecule has 0 unspecified atom stereocenters. The minimum Gasteiger partial charge on any atom is -0.337 e. The van der Waals surface area contributed by atoms with Gasteiger partial charge in [0, 0.05) is 11.1 Å². The normalized spacial score (nSPS) is 18.6. The van der Waals surface area contributed by atoms with E-state index >= 15 is 0 Å². The minimum absolute atomic E-state index is 0.105. The second kappa shape index (κ2) is 11.6. The van der Waals surface area contributed by atoms with Gasteiger partial charge >= 0.3 is 0 Å². The minimum atomic E-state index is -0.981. The summed E-state index contributed by atoms with van der Waals surface area (Å²) < 4.78 is 14.1. The van der Waals surface area contributed by atoms with Crippen molar-refractivity contribution < 1.29 is 9.47 Å². The van der Waals surface area contributed by atoms with Gasteiger partial charge in [-0.15, -0.1) is 0 Å². The Balaban J connectivity index is 1.39. The summed E-state index contributed by atoms with van der Waals surface area (Å²) in [5.74, 6) is -0.981. The fourth-order valence-electron chi connectivity index (χ4n) is 6.79. The van der Waals surface area contributed by atoms with E-state index in [1.165, 1.54) is 54.1 Å². The molecule has 2 atom stereocenters. The fourth-order valence-corrected chi connectivity index (χ4v) is 11.9. The molecule has 6 aromatic rings. The van der Waals surface area contributed by atoms with E-state index in [9.17, 15) is 0 Å². The molecule has 2 aliphatic rings. The van der Waals surface area contributed by atoms with Crippen LogP contribution in [0.1, 0.15) is 35.3 Å². The number of benzene rings is 6. The van der Waals surface area contributed by atoms with Crippen LogP contribution >= 0.6 is 15.8 Å². The monoisotopic (exact) mass is 606 g/mol. The molecule has 0 saturated carbocycles. The van der Waals surface area contributed by atoms with Gasteiger partial charge in [-0.25, -0.2) is 0 Å². The van der Waals surface area contributed by atoms with Gasteiger partial charge in [0.2, 0.25) is 5.79 Å². The first-order valence-corrected chi connectivity index (χ1v) is 17.8. The van der Waals surface area contributed by atoms with Crippen molar-refractivity contribution >= 4 is 47.7 Å². The van der Waals surface area contributed by atoms with Crippen LogP contribution in [0.2, 0.25) is 0 Å². The Bertz CT molecular complexity index is 1830. The van der Waals surface area contributed by atoms with Crippen molar-refractivity contribution in [3.63, 3.8) is 0 Å². The highest BCUT2D eigenvalue weighted by Gasteiger charge is 2.54. The summed E-state index contributed by atoms with van der Waals surface area (Å²) in [4.78, 5) is 0. The van der Waals surface area contributed by atoms with Gasteiger partial charge in [0.15, 0.2) is 0 Å². The van der Waals surface area contributed by atoms with E-state index < -0.39 is 21.6 Å². The molecule has 0 bridgehead atoms. The summed E-state index contributed by atoms with van der Waals surface area (Å²) >= 11 is 0. The molecule has 8 rings (SSSR count). The lowest BCUT2D eigenvalue weighted by Crippen LogP contribution is -2.38. The zero-order valence-electron chi connectivity index (χ0n) is 24.5. The molecule has 0 saturated heterocycles. The van der Waals surface area contributed by atoms with E-state index in [1.54, 1.807) is 0 Å². The van der Waals surface area contributed by atoms with Crippen LogP contribution in [-0.2, 0) is 21.9 Å². The molecule has 1 spiro atoms. The zero-order valence-corrected chi connectivity index (χ0v) is 26.3. The SMILES string of the molecule is C[C@H]1O[C@]2(OCc3cccc(P(c4ccccc4)c4ccccc4)c32)c2c1cccc2P(c1ccccc1)c1ccccc1. The van der Waals surface area contributed by atoms with Gasteiger partial charge in [-0.3, -0.25) is 0 Å². The summed E-state index contributed by atoms with van der Waals surface area (Å²) in [6, 6.07) is 57.2. The molecule has 214 valence electrons. The van der Waals surface area contributed by atoms with Crippen LogP contribution in [0.4, 0.5) is 0 Å². The molecule has 0 fully saturated rings. The van der Waals surface area contributed by atoms with Crippen molar-refractivity contribution in [1.29, 1.82) is 0 Å². The van der Waals surface area contributed by atoms with Crippen LogP contribution in [0.15, 0.2) is 158 Å². The van der Waals surface area contributed by atoms with Gasteiger partial charge in [0.05, 0.1) is 12.7 Å². The molecule has 2 heterocycles. The Morgan fingerprint density at radius 3 is 1.41 bits per heavy atom. The van der Waals surface area contributed by atoms with Gasteiger partial charge in [0.25, 0.3) is 0 Å². The van der Waals surface area contributed by atoms with Gasteiger partial charge in [0.1, 0.15) is 0 Å². The molecule has 2 nitrogen and oxygen atoms in total. The van der Waals surface area contributed by atoms with E-state index in [0.717, 1.165) is 0 Å². The van der Waals surface area contributed by atoms with Crippen molar-refractivity contribution in [2.24, 2.45) is 0 Å². The maximum atomic E-state index is 7.13. The predicted molar refractivity (Wildman–Crippen MR) is 185 cm³/mol. The number of ether oxygens (including phenoxy) is 2. The lowest BCUT2D eigenvalue weighted by molar-refractivity contribution is -0.214. The van der Waals surface area contributed by atoms with E-state index in [4.69, 9.17) is 9.47 Å². The Morgan fingerprint density at radius 1 is 0.500 bits per heavy atom. The van der Waals surface area contributed by atoms with Crippen LogP contribution in [0.3, 0.4) is 0 Å².